The molecule has 0 amide bonds. The van der Waals surface area contributed by atoms with E-state index in [1.807, 2.05) is 0 Å². The highest BCUT2D eigenvalue weighted by Gasteiger charge is 2.23. The van der Waals surface area contributed by atoms with Crippen LogP contribution in [0.2, 0.25) is 0 Å². The van der Waals surface area contributed by atoms with Crippen LogP contribution in [0.3, 0.4) is 0 Å². The molecule has 4 nitrogen and oxygen atoms in total. The molecule has 21 heavy (non-hydrogen) atoms. The lowest BCUT2D eigenvalue weighted by molar-refractivity contribution is 0.355. The molecule has 1 aromatic heterocycles. The summed E-state index contributed by atoms with van der Waals surface area (Å²) in [5, 5.41) is 3.42. The van der Waals surface area contributed by atoms with Gasteiger partial charge in [-0.15, -0.1) is 0 Å². The Balaban J connectivity index is 2.21. The van der Waals surface area contributed by atoms with Crippen LogP contribution < -0.4 is 10.2 Å². The molecule has 0 aromatic carbocycles. The molecule has 2 unspecified atom stereocenters. The highest BCUT2D eigenvalue weighted by Crippen LogP contribution is 2.26. The molecule has 0 saturated carbocycles. The summed E-state index contributed by atoms with van der Waals surface area (Å²) in [5.41, 5.74) is 0. The number of nitrogens with one attached hydrogen (secondary N) is 1. The monoisotopic (exact) mass is 290 g/mol. The van der Waals surface area contributed by atoms with E-state index in [0.717, 1.165) is 68.2 Å². The zero-order chi connectivity index (χ0) is 15.2. The van der Waals surface area contributed by atoms with Gasteiger partial charge in [-0.1, -0.05) is 27.7 Å². The molecule has 0 radical (unpaired) electrons. The molecule has 2 rings (SSSR count). The average Bonchev–Trinajstić information content (AvgIpc) is 2.44. The van der Waals surface area contributed by atoms with Gasteiger partial charge in [0.2, 0.25) is 0 Å². The summed E-state index contributed by atoms with van der Waals surface area (Å²) in [6.45, 7) is 12.2. The van der Waals surface area contributed by atoms with Crippen LogP contribution in [-0.4, -0.2) is 29.6 Å². The summed E-state index contributed by atoms with van der Waals surface area (Å²) >= 11 is 0. The molecule has 4 heteroatoms. The molecule has 0 bridgehead atoms. The van der Waals surface area contributed by atoms with Gasteiger partial charge in [0.25, 0.3) is 0 Å². The quantitative estimate of drug-likeness (QED) is 0.866. The third-order valence-electron chi connectivity index (χ3n) is 3.98. The second-order valence-electron chi connectivity index (χ2n) is 6.56. The Morgan fingerprint density at radius 3 is 2.48 bits per heavy atom. The predicted molar refractivity (Wildman–Crippen MR) is 90.0 cm³/mol. The summed E-state index contributed by atoms with van der Waals surface area (Å²) < 4.78 is 0. The molecule has 1 saturated heterocycles. The number of anilines is 2. The van der Waals surface area contributed by atoms with Gasteiger partial charge in [-0.3, -0.25) is 0 Å². The molecule has 2 heterocycles. The minimum Gasteiger partial charge on any atom is -0.370 e. The lowest BCUT2D eigenvalue weighted by Crippen LogP contribution is -2.39. The molecule has 1 fully saturated rings. The fourth-order valence-corrected chi connectivity index (χ4v) is 3.17. The normalized spacial score (nSPS) is 22.4. The van der Waals surface area contributed by atoms with Crippen molar-refractivity contribution < 1.29 is 0 Å². The fourth-order valence-electron chi connectivity index (χ4n) is 3.17. The summed E-state index contributed by atoms with van der Waals surface area (Å²) in [7, 11) is 0. The van der Waals surface area contributed by atoms with Crippen molar-refractivity contribution >= 4 is 11.6 Å². The van der Waals surface area contributed by atoms with E-state index in [0.29, 0.717) is 0 Å². The Hall–Kier alpha value is -1.32. The Bertz CT molecular complexity index is 436. The average molecular weight is 290 g/mol. The van der Waals surface area contributed by atoms with Crippen LogP contribution >= 0.6 is 0 Å². The first kappa shape index (κ1) is 16.1. The van der Waals surface area contributed by atoms with Gasteiger partial charge >= 0.3 is 0 Å². The molecule has 1 aliphatic heterocycles. The van der Waals surface area contributed by atoms with E-state index in [-0.39, 0.29) is 0 Å². The molecule has 1 aromatic rings. The molecule has 1 aliphatic rings. The van der Waals surface area contributed by atoms with Crippen LogP contribution in [0.5, 0.6) is 0 Å². The molecule has 0 spiro atoms. The summed E-state index contributed by atoms with van der Waals surface area (Å²) in [6, 6.07) is 2.12. The van der Waals surface area contributed by atoms with Crippen LogP contribution in [0.15, 0.2) is 6.07 Å². The zero-order valence-electron chi connectivity index (χ0n) is 14.0. The number of nitrogens with zero attached hydrogens (tertiary/aromatic N) is 3. The highest BCUT2D eigenvalue weighted by molar-refractivity contribution is 5.50. The van der Waals surface area contributed by atoms with Crippen molar-refractivity contribution in [1.82, 2.24) is 9.97 Å². The molecule has 118 valence electrons. The van der Waals surface area contributed by atoms with Crippen molar-refractivity contribution in [2.75, 3.05) is 29.9 Å². The van der Waals surface area contributed by atoms with E-state index in [4.69, 9.17) is 4.98 Å². The smallest absolute Gasteiger partial charge is 0.134 e. The van der Waals surface area contributed by atoms with Crippen molar-refractivity contribution in [3.63, 3.8) is 0 Å². The molecular weight excluding hydrogens is 260 g/mol. The van der Waals surface area contributed by atoms with Gasteiger partial charge in [-0.25, -0.2) is 9.97 Å². The molecule has 0 aliphatic carbocycles. The van der Waals surface area contributed by atoms with Crippen molar-refractivity contribution in [2.45, 2.75) is 53.4 Å². The maximum absolute atomic E-state index is 4.80. The van der Waals surface area contributed by atoms with Crippen molar-refractivity contribution in [1.29, 1.82) is 0 Å². The zero-order valence-corrected chi connectivity index (χ0v) is 14.0. The minimum atomic E-state index is 0.741. The van der Waals surface area contributed by atoms with Gasteiger partial charge in [0.15, 0.2) is 0 Å². The standard InChI is InChI=1S/C17H30N4/c1-5-7-15-19-16(18-8-6-2)10-17(20-15)21-11-13(3)9-14(4)12-21/h10,13-14H,5-9,11-12H2,1-4H3,(H,18,19,20). The van der Waals surface area contributed by atoms with Crippen molar-refractivity contribution in [2.24, 2.45) is 11.8 Å². The summed E-state index contributed by atoms with van der Waals surface area (Å²) in [4.78, 5) is 11.9. The van der Waals surface area contributed by atoms with E-state index < -0.39 is 0 Å². The van der Waals surface area contributed by atoms with Crippen LogP contribution in [-0.2, 0) is 6.42 Å². The lowest BCUT2D eigenvalue weighted by atomic mass is 9.92. The van der Waals surface area contributed by atoms with Crippen LogP contribution in [0.25, 0.3) is 0 Å². The maximum atomic E-state index is 4.80. The van der Waals surface area contributed by atoms with Gasteiger partial charge in [0.1, 0.15) is 17.5 Å². The second-order valence-corrected chi connectivity index (χ2v) is 6.56. The van der Waals surface area contributed by atoms with E-state index in [2.05, 4.69) is 49.0 Å². The maximum Gasteiger partial charge on any atom is 0.134 e. The molecular formula is C17H30N4. The number of hydrogen-bond donors (Lipinski definition) is 1. The first-order chi connectivity index (χ1) is 10.1. The van der Waals surface area contributed by atoms with Gasteiger partial charge < -0.3 is 10.2 Å². The minimum absolute atomic E-state index is 0.741. The topological polar surface area (TPSA) is 41.0 Å². The summed E-state index contributed by atoms with van der Waals surface area (Å²) in [6.07, 6.45) is 4.47. The number of rotatable bonds is 6. The Morgan fingerprint density at radius 1 is 1.14 bits per heavy atom. The molecule has 2 atom stereocenters. The van der Waals surface area contributed by atoms with Crippen LogP contribution in [0.4, 0.5) is 11.6 Å². The van der Waals surface area contributed by atoms with E-state index >= 15 is 0 Å². The van der Waals surface area contributed by atoms with Gasteiger partial charge in [0.05, 0.1) is 0 Å². The van der Waals surface area contributed by atoms with Gasteiger partial charge in [-0.2, -0.15) is 0 Å². The third-order valence-corrected chi connectivity index (χ3v) is 3.98. The number of hydrogen-bond acceptors (Lipinski definition) is 4. The van der Waals surface area contributed by atoms with Gasteiger partial charge in [0, 0.05) is 32.1 Å². The Morgan fingerprint density at radius 2 is 1.86 bits per heavy atom. The highest BCUT2D eigenvalue weighted by atomic mass is 15.2. The van der Waals surface area contributed by atoms with Crippen LogP contribution in [0.1, 0.15) is 52.8 Å². The summed E-state index contributed by atoms with van der Waals surface area (Å²) in [5.74, 6) is 4.54. The fraction of sp³-hybridized carbons (Fsp3) is 0.765. The second kappa shape index (κ2) is 7.62. The van der Waals surface area contributed by atoms with Crippen molar-refractivity contribution in [3.05, 3.63) is 11.9 Å². The van der Waals surface area contributed by atoms with E-state index in [9.17, 15) is 0 Å². The predicted octanol–water partition coefficient (Wildman–Crippen LogP) is 3.73. The largest absolute Gasteiger partial charge is 0.370 e. The van der Waals surface area contributed by atoms with E-state index in [1.165, 1.54) is 6.42 Å². The number of piperidine rings is 1. The van der Waals surface area contributed by atoms with Crippen molar-refractivity contribution in [3.8, 4) is 0 Å². The Labute approximate surface area is 129 Å². The SMILES string of the molecule is CCCNc1cc(N2CC(C)CC(C)C2)nc(CCC)n1. The third kappa shape index (κ3) is 4.58. The Kier molecular flexibility index (Phi) is 5.83. The first-order valence-corrected chi connectivity index (χ1v) is 8.49. The van der Waals surface area contributed by atoms with Crippen LogP contribution in [0, 0.1) is 11.8 Å². The number of aryl methyl sites for hydroxylation is 1. The van der Waals surface area contributed by atoms with E-state index in [1.54, 1.807) is 0 Å². The van der Waals surface area contributed by atoms with Gasteiger partial charge in [-0.05, 0) is 31.1 Å². The lowest BCUT2D eigenvalue weighted by Gasteiger charge is -2.36. The molecule has 1 N–H and O–H groups in total. The first-order valence-electron chi connectivity index (χ1n) is 8.49. The number of aromatic nitrogens is 2.